The Morgan fingerprint density at radius 1 is 1.37 bits per heavy atom. The van der Waals surface area contributed by atoms with Crippen LogP contribution in [0, 0.1) is 17.2 Å². The topological polar surface area (TPSA) is 138 Å². The second-order valence-electron chi connectivity index (χ2n) is 6.33. The summed E-state index contributed by atoms with van der Waals surface area (Å²) in [4.78, 5) is 15.6. The van der Waals surface area contributed by atoms with Gasteiger partial charge in [-0.25, -0.2) is 26.9 Å². The third kappa shape index (κ3) is 5.66. The molecule has 0 radical (unpaired) electrons. The van der Waals surface area contributed by atoms with Crippen molar-refractivity contribution in [2.75, 3.05) is 11.9 Å². The molecule has 1 aliphatic rings. The maximum absolute atomic E-state index is 12.3. The molecule has 0 unspecified atom stereocenters. The predicted molar refractivity (Wildman–Crippen MR) is 93.3 cm³/mol. The highest BCUT2D eigenvalue weighted by Gasteiger charge is 2.27. The molecule has 1 saturated carbocycles. The molecule has 0 aliphatic heterocycles. The van der Waals surface area contributed by atoms with E-state index < -0.39 is 39.8 Å². The van der Waals surface area contributed by atoms with Crippen LogP contribution in [0.5, 0.6) is 0 Å². The lowest BCUT2D eigenvalue weighted by Crippen LogP contribution is -2.42. The van der Waals surface area contributed by atoms with Gasteiger partial charge in [-0.15, -0.1) is 0 Å². The number of hydrogen-bond acceptors (Lipinski definition) is 6. The molecule has 1 fully saturated rings. The number of aromatic nitrogens is 1. The van der Waals surface area contributed by atoms with Crippen LogP contribution in [0.15, 0.2) is 17.2 Å². The first-order chi connectivity index (χ1) is 12.7. The Balaban J connectivity index is 2.13. The number of nitrogens with one attached hydrogen (secondary N) is 2. The second-order valence-corrected chi connectivity index (χ2v) is 8.07. The van der Waals surface area contributed by atoms with Crippen LogP contribution >= 0.6 is 0 Å². The summed E-state index contributed by atoms with van der Waals surface area (Å²) in [5.41, 5.74) is 5.67. The van der Waals surface area contributed by atoms with Crippen molar-refractivity contribution in [2.45, 2.75) is 49.5 Å². The van der Waals surface area contributed by atoms with E-state index in [0.29, 0.717) is 0 Å². The predicted octanol–water partition coefficient (Wildman–Crippen LogP) is 1.34. The monoisotopic (exact) mass is 401 g/mol. The van der Waals surface area contributed by atoms with Gasteiger partial charge in [-0.1, -0.05) is 19.3 Å². The van der Waals surface area contributed by atoms with Gasteiger partial charge in [0, 0.05) is 6.07 Å². The molecule has 2 rings (SSSR count). The number of pyridine rings is 1. The molecule has 1 aromatic heterocycles. The first-order valence-electron chi connectivity index (χ1n) is 8.49. The Labute approximate surface area is 156 Å². The molecule has 0 bridgehead atoms. The van der Waals surface area contributed by atoms with E-state index in [9.17, 15) is 27.3 Å². The van der Waals surface area contributed by atoms with Crippen LogP contribution < -0.4 is 15.8 Å². The fourth-order valence-corrected chi connectivity index (χ4v) is 4.07. The van der Waals surface area contributed by atoms with E-state index in [2.05, 4.69) is 10.3 Å². The van der Waals surface area contributed by atoms with Crippen LogP contribution in [-0.2, 0) is 14.8 Å². The highest BCUT2D eigenvalue weighted by atomic mass is 32.2. The van der Waals surface area contributed by atoms with E-state index in [1.165, 1.54) is 0 Å². The Hall–Kier alpha value is -2.16. The van der Waals surface area contributed by atoms with Crippen molar-refractivity contribution < 1.29 is 22.0 Å². The summed E-state index contributed by atoms with van der Waals surface area (Å²) in [6.45, 7) is -1.08. The second kappa shape index (κ2) is 9.16. The minimum Gasteiger partial charge on any atom is -0.320 e. The van der Waals surface area contributed by atoms with Crippen molar-refractivity contribution in [1.82, 2.24) is 9.71 Å². The number of sulfonamides is 1. The molecule has 27 heavy (non-hydrogen) atoms. The molecule has 1 heterocycles. The lowest BCUT2D eigenvalue weighted by Gasteiger charge is -2.26. The molecular weight excluding hydrogens is 380 g/mol. The molecular formula is C16H21F2N5O3S. The van der Waals surface area contributed by atoms with Gasteiger partial charge in [0.2, 0.25) is 15.9 Å². The minimum atomic E-state index is -4.33. The maximum atomic E-state index is 12.3. The Morgan fingerprint density at radius 2 is 2.04 bits per heavy atom. The highest BCUT2D eigenvalue weighted by molar-refractivity contribution is 7.89. The van der Waals surface area contributed by atoms with Crippen molar-refractivity contribution in [3.63, 3.8) is 0 Å². The standard InChI is InChI=1S/C16H21F2N5O3S/c17-13(18)9-22-27(25,26)12-8-21-14(6-11(12)7-19)23-16(24)15(20)10-4-2-1-3-5-10/h6,8,10,13,15,22H,1-5,9,20H2,(H,21,23,24)/t15-/m0/s1. The zero-order chi connectivity index (χ0) is 20.0. The van der Waals surface area contributed by atoms with E-state index in [-0.39, 0.29) is 17.3 Å². The van der Waals surface area contributed by atoms with E-state index >= 15 is 0 Å². The highest BCUT2D eigenvalue weighted by Crippen LogP contribution is 2.26. The van der Waals surface area contributed by atoms with Gasteiger partial charge >= 0.3 is 0 Å². The summed E-state index contributed by atoms with van der Waals surface area (Å²) in [6, 6.07) is 2.01. The molecule has 148 valence electrons. The van der Waals surface area contributed by atoms with Crippen LogP contribution in [0.4, 0.5) is 14.6 Å². The van der Waals surface area contributed by atoms with Crippen LogP contribution in [0.2, 0.25) is 0 Å². The molecule has 4 N–H and O–H groups in total. The van der Waals surface area contributed by atoms with Gasteiger partial charge in [0.25, 0.3) is 6.43 Å². The molecule has 1 amide bonds. The number of halogens is 2. The number of hydrogen-bond donors (Lipinski definition) is 3. The van der Waals surface area contributed by atoms with E-state index in [4.69, 9.17) is 5.73 Å². The van der Waals surface area contributed by atoms with Crippen LogP contribution in [0.1, 0.15) is 37.7 Å². The van der Waals surface area contributed by atoms with Gasteiger partial charge in [0.05, 0.1) is 24.3 Å². The zero-order valence-corrected chi connectivity index (χ0v) is 15.3. The van der Waals surface area contributed by atoms with E-state index in [0.717, 1.165) is 44.4 Å². The number of carbonyl (C=O) groups excluding carboxylic acids is 1. The number of nitrogens with zero attached hydrogens (tertiary/aromatic N) is 2. The number of nitrogens with two attached hydrogens (primary N) is 1. The van der Waals surface area contributed by atoms with Crippen molar-refractivity contribution in [3.8, 4) is 6.07 Å². The van der Waals surface area contributed by atoms with Gasteiger partial charge in [-0.05, 0) is 18.8 Å². The Kier molecular flexibility index (Phi) is 7.18. The summed E-state index contributed by atoms with van der Waals surface area (Å²) in [5, 5.41) is 11.7. The first-order valence-corrected chi connectivity index (χ1v) is 9.97. The molecule has 8 nitrogen and oxygen atoms in total. The smallest absolute Gasteiger partial charge is 0.251 e. The summed E-state index contributed by atoms with van der Waals surface area (Å²) in [5.74, 6) is -0.437. The summed E-state index contributed by atoms with van der Waals surface area (Å²) >= 11 is 0. The number of rotatable bonds is 7. The normalized spacial score (nSPS) is 16.7. The molecule has 1 aromatic rings. The van der Waals surface area contributed by atoms with Crippen LogP contribution in [0.25, 0.3) is 0 Å². The average molecular weight is 401 g/mol. The van der Waals surface area contributed by atoms with Gasteiger partial charge < -0.3 is 11.1 Å². The van der Waals surface area contributed by atoms with E-state index in [1.54, 1.807) is 10.8 Å². The number of alkyl halides is 2. The van der Waals surface area contributed by atoms with Crippen LogP contribution in [-0.4, -0.2) is 38.3 Å². The lowest BCUT2D eigenvalue weighted by molar-refractivity contribution is -0.118. The molecule has 0 saturated heterocycles. The van der Waals surface area contributed by atoms with Gasteiger partial charge in [0.15, 0.2) is 0 Å². The number of nitriles is 1. The number of anilines is 1. The fourth-order valence-electron chi connectivity index (χ4n) is 2.98. The minimum absolute atomic E-state index is 0.0318. The summed E-state index contributed by atoms with van der Waals surface area (Å²) in [6.07, 6.45) is 2.83. The summed E-state index contributed by atoms with van der Waals surface area (Å²) < 4.78 is 50.2. The van der Waals surface area contributed by atoms with Gasteiger partial charge in [0.1, 0.15) is 16.8 Å². The molecule has 1 atom stereocenters. The molecule has 1 aliphatic carbocycles. The average Bonchev–Trinajstić information content (AvgIpc) is 2.66. The molecule has 0 spiro atoms. The third-order valence-electron chi connectivity index (χ3n) is 4.42. The Bertz CT molecular complexity index is 820. The van der Waals surface area contributed by atoms with Crippen LogP contribution in [0.3, 0.4) is 0 Å². The van der Waals surface area contributed by atoms with Gasteiger partial charge in [-0.3, -0.25) is 4.79 Å². The van der Waals surface area contributed by atoms with Crippen molar-refractivity contribution >= 4 is 21.7 Å². The maximum Gasteiger partial charge on any atom is 0.251 e. The van der Waals surface area contributed by atoms with Gasteiger partial charge in [-0.2, -0.15) is 5.26 Å². The van der Waals surface area contributed by atoms with Crippen molar-refractivity contribution in [2.24, 2.45) is 11.7 Å². The zero-order valence-electron chi connectivity index (χ0n) is 14.5. The fraction of sp³-hybridized carbons (Fsp3) is 0.562. The largest absolute Gasteiger partial charge is 0.320 e. The van der Waals surface area contributed by atoms with E-state index in [1.807, 2.05) is 0 Å². The summed E-state index contributed by atoms with van der Waals surface area (Å²) in [7, 11) is -4.33. The first kappa shape index (κ1) is 21.1. The quantitative estimate of drug-likeness (QED) is 0.630. The lowest BCUT2D eigenvalue weighted by atomic mass is 9.84. The number of amides is 1. The molecule has 0 aromatic carbocycles. The number of carbonyl (C=O) groups is 1. The van der Waals surface area contributed by atoms with Crippen molar-refractivity contribution in [3.05, 3.63) is 17.8 Å². The van der Waals surface area contributed by atoms with Crippen molar-refractivity contribution in [1.29, 1.82) is 5.26 Å². The SMILES string of the molecule is N#Cc1cc(NC(=O)[C@@H](N)C2CCCCC2)ncc1S(=O)(=O)NCC(F)F. The Morgan fingerprint density at radius 3 is 2.63 bits per heavy atom. The third-order valence-corrected chi connectivity index (χ3v) is 5.87. The molecule has 11 heteroatoms.